The summed E-state index contributed by atoms with van der Waals surface area (Å²) in [7, 11) is 0. The lowest BCUT2D eigenvalue weighted by Crippen LogP contribution is -2.08. The lowest BCUT2D eigenvalue weighted by molar-refractivity contribution is -0.147. The quantitative estimate of drug-likeness (QED) is 0.766. The zero-order valence-corrected chi connectivity index (χ0v) is 12.9. The summed E-state index contributed by atoms with van der Waals surface area (Å²) in [4.78, 5) is 11.9. The summed E-state index contributed by atoms with van der Waals surface area (Å²) in [5.74, 6) is 2.41. The van der Waals surface area contributed by atoms with E-state index in [9.17, 15) is 4.79 Å². The van der Waals surface area contributed by atoms with E-state index in [2.05, 4.69) is 13.8 Å². The van der Waals surface area contributed by atoms with Gasteiger partial charge in [0.1, 0.15) is 18.1 Å². The minimum atomic E-state index is -0.0885. The van der Waals surface area contributed by atoms with Gasteiger partial charge in [-0.3, -0.25) is 4.79 Å². The predicted octanol–water partition coefficient (Wildman–Crippen LogP) is 4.42. The van der Waals surface area contributed by atoms with Gasteiger partial charge in [0, 0.05) is 0 Å². The molecule has 1 saturated carbocycles. The van der Waals surface area contributed by atoms with Crippen LogP contribution in [-0.4, -0.2) is 5.97 Å². The van der Waals surface area contributed by atoms with Gasteiger partial charge in [0.25, 0.3) is 0 Å². The molecule has 2 atom stereocenters. The second-order valence-electron chi connectivity index (χ2n) is 5.91. The van der Waals surface area contributed by atoms with E-state index >= 15 is 0 Å². The van der Waals surface area contributed by atoms with Crippen LogP contribution in [0, 0.1) is 17.8 Å². The van der Waals surface area contributed by atoms with Gasteiger partial charge in [-0.25, -0.2) is 0 Å². The van der Waals surface area contributed by atoms with E-state index in [1.165, 1.54) is 0 Å². The Morgan fingerprint density at radius 2 is 1.64 bits per heavy atom. The molecule has 1 fully saturated rings. The smallest absolute Gasteiger partial charge is 0.309 e. The number of benzene rings is 2. The summed E-state index contributed by atoms with van der Waals surface area (Å²) < 4.78 is 11.2. The first-order valence-electron chi connectivity index (χ1n) is 7.63. The van der Waals surface area contributed by atoms with Crippen molar-refractivity contribution in [1.82, 2.24) is 0 Å². The summed E-state index contributed by atoms with van der Waals surface area (Å²) >= 11 is 0. The Kier molecular flexibility index (Phi) is 4.14. The zero-order valence-electron chi connectivity index (χ0n) is 12.9. The zero-order chi connectivity index (χ0) is 15.5. The van der Waals surface area contributed by atoms with Crippen LogP contribution in [0.4, 0.5) is 0 Å². The largest absolute Gasteiger partial charge is 0.461 e. The van der Waals surface area contributed by atoms with Crippen LogP contribution in [-0.2, 0) is 16.1 Å². The minimum absolute atomic E-state index is 0.0729. The molecule has 0 N–H and O–H groups in total. The Balaban J connectivity index is 1.58. The van der Waals surface area contributed by atoms with Gasteiger partial charge in [0.2, 0.25) is 0 Å². The molecule has 1 aliphatic carbocycles. The molecule has 0 amide bonds. The highest BCUT2D eigenvalue weighted by Gasteiger charge is 2.49. The van der Waals surface area contributed by atoms with E-state index in [-0.39, 0.29) is 11.9 Å². The van der Waals surface area contributed by atoms with Crippen LogP contribution in [0.15, 0.2) is 54.6 Å². The third kappa shape index (κ3) is 3.30. The van der Waals surface area contributed by atoms with Gasteiger partial charge in [0.15, 0.2) is 0 Å². The highest BCUT2D eigenvalue weighted by atomic mass is 16.5. The summed E-state index contributed by atoms with van der Waals surface area (Å²) in [5, 5.41) is 0. The molecule has 1 aliphatic rings. The molecule has 0 aliphatic heterocycles. The molecular weight excluding hydrogens is 276 g/mol. The molecule has 22 heavy (non-hydrogen) atoms. The van der Waals surface area contributed by atoms with E-state index in [1.807, 2.05) is 54.6 Å². The Hall–Kier alpha value is -2.29. The molecule has 3 rings (SSSR count). The Morgan fingerprint density at radius 1 is 0.955 bits per heavy atom. The summed E-state index contributed by atoms with van der Waals surface area (Å²) in [6.45, 7) is 4.47. The van der Waals surface area contributed by atoms with Crippen molar-refractivity contribution in [3.8, 4) is 11.5 Å². The number of hydrogen-bond donors (Lipinski definition) is 0. The van der Waals surface area contributed by atoms with Crippen LogP contribution in [0.3, 0.4) is 0 Å². The number of carbonyl (C=O) groups excluding carboxylic acids is 1. The lowest BCUT2D eigenvalue weighted by Gasteiger charge is -2.08. The van der Waals surface area contributed by atoms with Gasteiger partial charge in [-0.05, 0) is 41.7 Å². The van der Waals surface area contributed by atoms with Crippen molar-refractivity contribution in [3.63, 3.8) is 0 Å². The van der Waals surface area contributed by atoms with Gasteiger partial charge < -0.3 is 9.47 Å². The fourth-order valence-electron chi connectivity index (χ4n) is 2.67. The van der Waals surface area contributed by atoms with E-state index in [0.29, 0.717) is 18.4 Å². The molecule has 0 bridgehead atoms. The van der Waals surface area contributed by atoms with Crippen molar-refractivity contribution in [2.24, 2.45) is 17.8 Å². The number of hydrogen-bond acceptors (Lipinski definition) is 3. The second-order valence-corrected chi connectivity index (χ2v) is 5.91. The van der Waals surface area contributed by atoms with Crippen LogP contribution in [0.25, 0.3) is 0 Å². The fourth-order valence-corrected chi connectivity index (χ4v) is 2.67. The molecular formula is C19H20O3. The van der Waals surface area contributed by atoms with Crippen LogP contribution < -0.4 is 4.74 Å². The fraction of sp³-hybridized carbons (Fsp3) is 0.316. The Bertz CT molecular complexity index is 643. The predicted molar refractivity (Wildman–Crippen MR) is 84.6 cm³/mol. The highest BCUT2D eigenvalue weighted by molar-refractivity contribution is 5.76. The average molecular weight is 296 g/mol. The second kappa shape index (κ2) is 6.22. The van der Waals surface area contributed by atoms with Crippen LogP contribution in [0.1, 0.15) is 19.4 Å². The molecule has 114 valence electrons. The number of carbonyl (C=O) groups is 1. The van der Waals surface area contributed by atoms with Crippen LogP contribution >= 0.6 is 0 Å². The molecule has 2 aromatic rings. The first-order valence-corrected chi connectivity index (χ1v) is 7.63. The Morgan fingerprint density at radius 3 is 2.32 bits per heavy atom. The van der Waals surface area contributed by atoms with E-state index < -0.39 is 0 Å². The monoisotopic (exact) mass is 296 g/mol. The first kappa shape index (κ1) is 14.6. The van der Waals surface area contributed by atoms with Gasteiger partial charge in [-0.15, -0.1) is 0 Å². The molecule has 2 aromatic carbocycles. The van der Waals surface area contributed by atoms with Gasteiger partial charge in [-0.1, -0.05) is 44.2 Å². The summed E-state index contributed by atoms with van der Waals surface area (Å²) in [6, 6.07) is 17.3. The number of para-hydroxylation sites is 1. The SMILES string of the molecule is CC1C(C)C1C(=O)OCc1cccc(Oc2ccccc2)c1. The summed E-state index contributed by atoms with van der Waals surface area (Å²) in [5.41, 5.74) is 0.933. The maximum atomic E-state index is 11.9. The molecule has 2 unspecified atom stereocenters. The van der Waals surface area contributed by atoms with Crippen molar-refractivity contribution in [1.29, 1.82) is 0 Å². The Labute approximate surface area is 130 Å². The van der Waals surface area contributed by atoms with Crippen molar-refractivity contribution < 1.29 is 14.3 Å². The first-order chi connectivity index (χ1) is 10.6. The number of ether oxygens (including phenoxy) is 2. The highest BCUT2D eigenvalue weighted by Crippen LogP contribution is 2.46. The van der Waals surface area contributed by atoms with E-state index in [0.717, 1.165) is 17.1 Å². The van der Waals surface area contributed by atoms with Crippen LogP contribution in [0.2, 0.25) is 0 Å². The number of rotatable bonds is 5. The van der Waals surface area contributed by atoms with E-state index in [1.54, 1.807) is 0 Å². The third-order valence-electron chi connectivity index (χ3n) is 4.35. The third-order valence-corrected chi connectivity index (χ3v) is 4.35. The molecule has 3 heteroatoms. The average Bonchev–Trinajstić information content (AvgIpc) is 3.13. The molecule has 0 aromatic heterocycles. The molecule has 0 heterocycles. The molecule has 0 radical (unpaired) electrons. The maximum absolute atomic E-state index is 11.9. The molecule has 0 spiro atoms. The molecule has 0 saturated heterocycles. The van der Waals surface area contributed by atoms with Crippen molar-refractivity contribution in [3.05, 3.63) is 60.2 Å². The summed E-state index contributed by atoms with van der Waals surface area (Å²) in [6.07, 6.45) is 0. The molecule has 3 nitrogen and oxygen atoms in total. The van der Waals surface area contributed by atoms with Crippen molar-refractivity contribution in [2.75, 3.05) is 0 Å². The topological polar surface area (TPSA) is 35.5 Å². The van der Waals surface area contributed by atoms with Crippen molar-refractivity contribution >= 4 is 5.97 Å². The van der Waals surface area contributed by atoms with Crippen molar-refractivity contribution in [2.45, 2.75) is 20.5 Å². The van der Waals surface area contributed by atoms with E-state index in [4.69, 9.17) is 9.47 Å². The number of esters is 1. The normalized spacial score (nSPS) is 22.9. The standard InChI is InChI=1S/C19H20O3/c1-13-14(2)18(13)19(20)21-12-15-7-6-10-17(11-15)22-16-8-4-3-5-9-16/h3-11,13-14,18H,12H2,1-2H3. The van der Waals surface area contributed by atoms with Gasteiger partial charge >= 0.3 is 5.97 Å². The minimum Gasteiger partial charge on any atom is -0.461 e. The van der Waals surface area contributed by atoms with Gasteiger partial charge in [-0.2, -0.15) is 0 Å². The maximum Gasteiger partial charge on any atom is 0.309 e. The lowest BCUT2D eigenvalue weighted by atomic mass is 10.2. The van der Waals surface area contributed by atoms with Crippen LogP contribution in [0.5, 0.6) is 11.5 Å². The van der Waals surface area contributed by atoms with Gasteiger partial charge in [0.05, 0.1) is 5.92 Å².